The van der Waals surface area contributed by atoms with Gasteiger partial charge in [-0.05, 0) is 30.9 Å². The third-order valence-electron chi connectivity index (χ3n) is 2.28. The minimum Gasteiger partial charge on any atom is -0.504 e. The van der Waals surface area contributed by atoms with E-state index in [0.717, 1.165) is 0 Å². The third kappa shape index (κ3) is 2.99. The smallest absolute Gasteiger partial charge is 0.332 e. The Hall–Kier alpha value is -1.49. The minimum absolute atomic E-state index is 0.0542. The monoisotopic (exact) mass is 214 g/mol. The van der Waals surface area contributed by atoms with Gasteiger partial charge in [0.05, 0.1) is 7.11 Å². The molecule has 0 fully saturated rings. The Morgan fingerprint density at radius 1 is 1.73 bits per heavy atom. The molecular weight excluding hydrogens is 200 g/mol. The Balaban J connectivity index is 2.60. The molecule has 15 heavy (non-hydrogen) atoms. The molecule has 0 heterocycles. The molecule has 3 N–H and O–H groups in total. The zero-order chi connectivity index (χ0) is 11.4. The van der Waals surface area contributed by atoms with Crippen LogP contribution in [-0.2, 0) is 9.53 Å². The Morgan fingerprint density at radius 2 is 2.40 bits per heavy atom. The van der Waals surface area contributed by atoms with Gasteiger partial charge in [0.25, 0.3) is 0 Å². The Kier molecular flexibility index (Phi) is 3.74. The van der Waals surface area contributed by atoms with Crippen molar-refractivity contribution in [3.63, 3.8) is 0 Å². The predicted octanol–water partition coefficient (Wildman–Crippen LogP) is 0.814. The fourth-order valence-corrected chi connectivity index (χ4v) is 1.46. The largest absolute Gasteiger partial charge is 0.504 e. The number of aliphatic carboxylic acids is 1. The highest BCUT2D eigenvalue weighted by molar-refractivity contribution is 5.71. The van der Waals surface area contributed by atoms with Crippen LogP contribution >= 0.6 is 0 Å². The number of carboxylic acids is 1. The van der Waals surface area contributed by atoms with Crippen LogP contribution in [0.4, 0.5) is 0 Å². The predicted molar refractivity (Wildman–Crippen MR) is 52.2 cm³/mol. The molecule has 0 aromatic rings. The number of hydrogen-bond donors (Lipinski definition) is 3. The summed E-state index contributed by atoms with van der Waals surface area (Å²) in [5.41, 5.74) is 0. The van der Waals surface area contributed by atoms with Crippen molar-refractivity contribution in [3.8, 4) is 0 Å². The molecule has 1 aliphatic carbocycles. The summed E-state index contributed by atoms with van der Waals surface area (Å²) in [5, 5.41) is 27.0. The van der Waals surface area contributed by atoms with Gasteiger partial charge in [0.2, 0.25) is 0 Å². The molecule has 0 aromatic heterocycles. The van der Waals surface area contributed by atoms with E-state index in [1.807, 2.05) is 0 Å². The number of hydrogen-bond acceptors (Lipinski definition) is 4. The number of methoxy groups -OCH3 is 1. The lowest BCUT2D eigenvalue weighted by Gasteiger charge is -2.19. The van der Waals surface area contributed by atoms with Crippen LogP contribution in [0, 0.1) is 5.92 Å². The molecule has 0 amide bonds. The second kappa shape index (κ2) is 4.84. The van der Waals surface area contributed by atoms with Crippen LogP contribution in [0.2, 0.25) is 0 Å². The molecule has 0 saturated heterocycles. The number of allylic oxidation sites excluding steroid dienone is 2. The molecule has 1 rings (SSSR count). The van der Waals surface area contributed by atoms with E-state index in [1.165, 1.54) is 7.11 Å². The second-order valence-corrected chi connectivity index (χ2v) is 3.41. The summed E-state index contributed by atoms with van der Waals surface area (Å²) in [5.74, 6) is -0.981. The average molecular weight is 214 g/mol. The summed E-state index contributed by atoms with van der Waals surface area (Å²) in [6, 6.07) is 0. The first kappa shape index (κ1) is 11.6. The van der Waals surface area contributed by atoms with Gasteiger partial charge in [-0.3, -0.25) is 0 Å². The van der Waals surface area contributed by atoms with E-state index in [-0.39, 0.29) is 18.1 Å². The van der Waals surface area contributed by atoms with Crippen molar-refractivity contribution in [1.29, 1.82) is 0 Å². The molecule has 1 aliphatic rings. The van der Waals surface area contributed by atoms with E-state index in [4.69, 9.17) is 14.9 Å². The van der Waals surface area contributed by atoms with Crippen molar-refractivity contribution < 1.29 is 24.9 Å². The topological polar surface area (TPSA) is 87.0 Å². The molecule has 0 aromatic carbocycles. The third-order valence-corrected chi connectivity index (χ3v) is 2.28. The molecule has 84 valence electrons. The first-order chi connectivity index (χ1) is 7.04. The highest BCUT2D eigenvalue weighted by Crippen LogP contribution is 2.25. The minimum atomic E-state index is -1.38. The van der Waals surface area contributed by atoms with E-state index in [2.05, 4.69) is 0 Å². The maximum absolute atomic E-state index is 10.4. The number of carboxylic acid groups (broad SMARTS) is 1. The number of aliphatic hydroxyl groups excluding tert-OH is 2. The molecule has 5 nitrogen and oxygen atoms in total. The number of carbonyl (C=O) groups is 1. The standard InChI is InChI=1S/C10H14O5/c1-15-9-5-6(2-3-7(9)11)4-8(12)10(13)14/h3,5-6,8,11-12H,2,4H2,1H3,(H,13,14). The highest BCUT2D eigenvalue weighted by atomic mass is 16.5. The Morgan fingerprint density at radius 3 is 2.93 bits per heavy atom. The lowest BCUT2D eigenvalue weighted by molar-refractivity contribution is -0.147. The van der Waals surface area contributed by atoms with Gasteiger partial charge in [-0.15, -0.1) is 0 Å². The molecule has 0 saturated carbocycles. The number of aliphatic hydroxyl groups is 2. The zero-order valence-corrected chi connectivity index (χ0v) is 8.38. The summed E-state index contributed by atoms with van der Waals surface area (Å²) >= 11 is 0. The van der Waals surface area contributed by atoms with Gasteiger partial charge >= 0.3 is 5.97 Å². The van der Waals surface area contributed by atoms with Crippen LogP contribution in [0.3, 0.4) is 0 Å². The van der Waals surface area contributed by atoms with Crippen molar-refractivity contribution in [2.45, 2.75) is 18.9 Å². The second-order valence-electron chi connectivity index (χ2n) is 3.41. The van der Waals surface area contributed by atoms with Crippen LogP contribution in [0.15, 0.2) is 23.7 Å². The SMILES string of the molecule is COC1=CC(CC(O)C(=O)O)CC=C1O. The first-order valence-corrected chi connectivity index (χ1v) is 4.60. The van der Waals surface area contributed by atoms with E-state index < -0.39 is 12.1 Å². The summed E-state index contributed by atoms with van der Waals surface area (Å²) in [4.78, 5) is 10.4. The molecule has 2 atom stereocenters. The maximum Gasteiger partial charge on any atom is 0.332 e. The van der Waals surface area contributed by atoms with Crippen molar-refractivity contribution in [3.05, 3.63) is 23.7 Å². The summed E-state index contributed by atoms with van der Waals surface area (Å²) < 4.78 is 4.89. The first-order valence-electron chi connectivity index (χ1n) is 4.60. The molecule has 2 unspecified atom stereocenters. The van der Waals surface area contributed by atoms with E-state index in [9.17, 15) is 9.90 Å². The van der Waals surface area contributed by atoms with Gasteiger partial charge in [0, 0.05) is 0 Å². The van der Waals surface area contributed by atoms with Crippen LogP contribution < -0.4 is 0 Å². The van der Waals surface area contributed by atoms with E-state index in [0.29, 0.717) is 12.2 Å². The van der Waals surface area contributed by atoms with Gasteiger partial charge < -0.3 is 20.1 Å². The van der Waals surface area contributed by atoms with Crippen molar-refractivity contribution in [2.24, 2.45) is 5.92 Å². The highest BCUT2D eigenvalue weighted by Gasteiger charge is 2.22. The lowest BCUT2D eigenvalue weighted by Crippen LogP contribution is -2.23. The van der Waals surface area contributed by atoms with Crippen molar-refractivity contribution in [2.75, 3.05) is 7.11 Å². The van der Waals surface area contributed by atoms with Crippen LogP contribution in [0.25, 0.3) is 0 Å². The zero-order valence-electron chi connectivity index (χ0n) is 8.38. The molecule has 0 radical (unpaired) electrons. The van der Waals surface area contributed by atoms with Gasteiger partial charge in [-0.25, -0.2) is 4.79 Å². The van der Waals surface area contributed by atoms with Crippen LogP contribution in [0.1, 0.15) is 12.8 Å². The van der Waals surface area contributed by atoms with Crippen LogP contribution in [0.5, 0.6) is 0 Å². The fourth-order valence-electron chi connectivity index (χ4n) is 1.46. The normalized spacial score (nSPS) is 22.7. The van der Waals surface area contributed by atoms with Gasteiger partial charge in [-0.2, -0.15) is 0 Å². The summed E-state index contributed by atoms with van der Waals surface area (Å²) in [6.45, 7) is 0. The summed E-state index contributed by atoms with van der Waals surface area (Å²) in [7, 11) is 1.42. The van der Waals surface area contributed by atoms with Crippen LogP contribution in [-0.4, -0.2) is 34.5 Å². The average Bonchev–Trinajstić information content (AvgIpc) is 2.20. The van der Waals surface area contributed by atoms with Crippen molar-refractivity contribution >= 4 is 5.97 Å². The quantitative estimate of drug-likeness (QED) is 0.644. The van der Waals surface area contributed by atoms with Gasteiger partial charge in [0.1, 0.15) is 0 Å². The number of ether oxygens (including phenoxy) is 1. The maximum atomic E-state index is 10.4. The molecule has 0 bridgehead atoms. The molecule has 5 heteroatoms. The Labute approximate surface area is 87.3 Å². The fraction of sp³-hybridized carbons (Fsp3) is 0.500. The molecule has 0 spiro atoms. The van der Waals surface area contributed by atoms with E-state index >= 15 is 0 Å². The van der Waals surface area contributed by atoms with Gasteiger partial charge in [0.15, 0.2) is 17.6 Å². The van der Waals surface area contributed by atoms with E-state index in [1.54, 1.807) is 12.2 Å². The van der Waals surface area contributed by atoms with Crippen molar-refractivity contribution in [1.82, 2.24) is 0 Å². The summed E-state index contributed by atoms with van der Waals surface area (Å²) in [6.07, 6.45) is 2.42. The molecular formula is C10H14O5. The molecule has 0 aliphatic heterocycles. The van der Waals surface area contributed by atoms with Gasteiger partial charge in [-0.1, -0.05) is 0 Å². The lowest BCUT2D eigenvalue weighted by atomic mass is 9.93. The number of rotatable bonds is 4. The Bertz CT molecular complexity index is 305.